The van der Waals surface area contributed by atoms with Gasteiger partial charge in [0.15, 0.2) is 0 Å². The summed E-state index contributed by atoms with van der Waals surface area (Å²) in [6.07, 6.45) is 5.59. The topological polar surface area (TPSA) is 66.8 Å². The Morgan fingerprint density at radius 3 is 2.33 bits per heavy atom. The highest BCUT2D eigenvalue weighted by Gasteiger charge is 2.49. The van der Waals surface area contributed by atoms with Crippen LogP contribution in [0, 0.1) is 11.8 Å². The van der Waals surface area contributed by atoms with E-state index < -0.39 is 0 Å². The van der Waals surface area contributed by atoms with Gasteiger partial charge in [0.2, 0.25) is 11.8 Å². The molecule has 0 aromatic rings. The largest absolute Gasteiger partial charge is 0.396 e. The lowest BCUT2D eigenvalue weighted by molar-refractivity contribution is -0.144. The van der Waals surface area contributed by atoms with Crippen molar-refractivity contribution < 1.29 is 19.4 Å². The fourth-order valence-electron chi connectivity index (χ4n) is 2.81. The normalized spacial score (nSPS) is 28.7. The van der Waals surface area contributed by atoms with Crippen LogP contribution in [-0.4, -0.2) is 48.2 Å². The van der Waals surface area contributed by atoms with Crippen molar-refractivity contribution >= 4 is 11.8 Å². The summed E-state index contributed by atoms with van der Waals surface area (Å²) in [4.78, 5) is 25.9. The second kappa shape index (κ2) is 5.63. The number of aliphatic hydroxyl groups excluding tert-OH is 1. The van der Waals surface area contributed by atoms with Crippen LogP contribution in [-0.2, 0) is 14.3 Å². The van der Waals surface area contributed by atoms with Crippen LogP contribution in [0.4, 0.5) is 0 Å². The lowest BCUT2D eigenvalue weighted by Crippen LogP contribution is -2.43. The molecule has 5 heteroatoms. The van der Waals surface area contributed by atoms with Gasteiger partial charge < -0.3 is 9.84 Å². The van der Waals surface area contributed by atoms with E-state index in [0.717, 1.165) is 0 Å². The van der Waals surface area contributed by atoms with Gasteiger partial charge in [0.1, 0.15) is 0 Å². The first kappa shape index (κ1) is 13.2. The lowest BCUT2D eigenvalue weighted by Gasteiger charge is -2.25. The van der Waals surface area contributed by atoms with Crippen LogP contribution in [0.15, 0.2) is 12.2 Å². The monoisotopic (exact) mass is 253 g/mol. The fraction of sp³-hybridized carbons (Fsp3) is 0.692. The maximum Gasteiger partial charge on any atom is 0.233 e. The van der Waals surface area contributed by atoms with E-state index in [1.165, 1.54) is 12.0 Å². The molecule has 0 spiro atoms. The number of allylic oxidation sites excluding steroid dienone is 2. The summed E-state index contributed by atoms with van der Waals surface area (Å²) in [6, 6.07) is -0.342. The van der Waals surface area contributed by atoms with E-state index in [-0.39, 0.29) is 42.9 Å². The minimum Gasteiger partial charge on any atom is -0.396 e. The van der Waals surface area contributed by atoms with E-state index in [1.807, 2.05) is 12.2 Å². The number of imide groups is 1. The van der Waals surface area contributed by atoms with Crippen LogP contribution in [0.3, 0.4) is 0 Å². The third-order valence-corrected chi connectivity index (χ3v) is 3.73. The molecular formula is C13H19NO4. The Kier molecular flexibility index (Phi) is 4.14. The molecule has 0 saturated carbocycles. The third-order valence-electron chi connectivity index (χ3n) is 3.73. The van der Waals surface area contributed by atoms with E-state index in [0.29, 0.717) is 19.3 Å². The van der Waals surface area contributed by atoms with Crippen LogP contribution >= 0.6 is 0 Å². The van der Waals surface area contributed by atoms with Gasteiger partial charge in [0, 0.05) is 13.7 Å². The first-order chi connectivity index (χ1) is 8.70. The molecule has 2 amide bonds. The number of carbonyl (C=O) groups excluding carboxylic acids is 2. The Labute approximate surface area is 106 Å². The van der Waals surface area contributed by atoms with Gasteiger partial charge >= 0.3 is 0 Å². The summed E-state index contributed by atoms with van der Waals surface area (Å²) in [5.74, 6) is -0.629. The minimum absolute atomic E-state index is 0.0569. The molecular weight excluding hydrogens is 234 g/mol. The maximum absolute atomic E-state index is 12.3. The molecule has 3 unspecified atom stereocenters. The molecule has 1 fully saturated rings. The second-order valence-corrected chi connectivity index (χ2v) is 4.82. The molecule has 0 aromatic heterocycles. The van der Waals surface area contributed by atoms with E-state index in [9.17, 15) is 9.59 Å². The summed E-state index contributed by atoms with van der Waals surface area (Å²) in [5, 5.41) is 9.04. The summed E-state index contributed by atoms with van der Waals surface area (Å²) < 4.78 is 5.05. The van der Waals surface area contributed by atoms with Crippen LogP contribution in [0.25, 0.3) is 0 Å². The van der Waals surface area contributed by atoms with E-state index in [2.05, 4.69) is 0 Å². The molecule has 100 valence electrons. The molecule has 5 nitrogen and oxygen atoms in total. The van der Waals surface area contributed by atoms with Crippen molar-refractivity contribution in [2.24, 2.45) is 11.8 Å². The molecule has 1 aliphatic carbocycles. The highest BCUT2D eigenvalue weighted by atomic mass is 16.5. The minimum atomic E-state index is -0.342. The van der Waals surface area contributed by atoms with Crippen LogP contribution in [0.2, 0.25) is 0 Å². The van der Waals surface area contributed by atoms with Gasteiger partial charge in [0.05, 0.1) is 24.5 Å². The van der Waals surface area contributed by atoms with Gasteiger partial charge in [0.25, 0.3) is 0 Å². The predicted octanol–water partition coefficient (Wildman–Crippen LogP) is 0.335. The number of fused-ring (bicyclic) bond motifs is 1. The SMILES string of the molecule is COCC(CCO)N1C(=O)C2CC=CCC2C1=O. The molecule has 1 saturated heterocycles. The summed E-state index contributed by atoms with van der Waals surface area (Å²) >= 11 is 0. The Hall–Kier alpha value is -1.20. The van der Waals surface area contributed by atoms with Gasteiger partial charge in [-0.25, -0.2) is 0 Å². The maximum atomic E-state index is 12.3. The van der Waals surface area contributed by atoms with Gasteiger partial charge in [-0.05, 0) is 19.3 Å². The van der Waals surface area contributed by atoms with Crippen molar-refractivity contribution in [1.29, 1.82) is 0 Å². The van der Waals surface area contributed by atoms with Crippen LogP contribution in [0.5, 0.6) is 0 Å². The summed E-state index contributed by atoms with van der Waals surface area (Å²) in [5.41, 5.74) is 0. The van der Waals surface area contributed by atoms with Crippen molar-refractivity contribution in [2.45, 2.75) is 25.3 Å². The van der Waals surface area contributed by atoms with Gasteiger partial charge in [-0.3, -0.25) is 14.5 Å². The van der Waals surface area contributed by atoms with Gasteiger partial charge in [-0.1, -0.05) is 12.2 Å². The number of methoxy groups -OCH3 is 1. The average Bonchev–Trinajstić information content (AvgIpc) is 2.63. The molecule has 0 aromatic carbocycles. The van der Waals surface area contributed by atoms with E-state index in [4.69, 9.17) is 9.84 Å². The van der Waals surface area contributed by atoms with Crippen molar-refractivity contribution in [1.82, 2.24) is 4.90 Å². The molecule has 1 N–H and O–H groups in total. The van der Waals surface area contributed by atoms with E-state index in [1.54, 1.807) is 0 Å². The highest BCUT2D eigenvalue weighted by Crippen LogP contribution is 2.36. The highest BCUT2D eigenvalue weighted by molar-refractivity contribution is 6.05. The number of aliphatic hydroxyl groups is 1. The molecule has 2 rings (SSSR count). The molecule has 1 heterocycles. The Morgan fingerprint density at radius 2 is 1.89 bits per heavy atom. The number of amides is 2. The van der Waals surface area contributed by atoms with Crippen molar-refractivity contribution in [2.75, 3.05) is 20.3 Å². The van der Waals surface area contributed by atoms with Gasteiger partial charge in [-0.2, -0.15) is 0 Å². The molecule has 0 bridgehead atoms. The quantitative estimate of drug-likeness (QED) is 0.566. The van der Waals surface area contributed by atoms with E-state index >= 15 is 0 Å². The van der Waals surface area contributed by atoms with Crippen molar-refractivity contribution in [3.8, 4) is 0 Å². The number of likely N-dealkylation sites (tertiary alicyclic amines) is 1. The first-order valence-corrected chi connectivity index (χ1v) is 6.32. The number of hydrogen-bond acceptors (Lipinski definition) is 4. The van der Waals surface area contributed by atoms with Crippen LogP contribution in [0.1, 0.15) is 19.3 Å². The van der Waals surface area contributed by atoms with Crippen molar-refractivity contribution in [3.63, 3.8) is 0 Å². The Morgan fingerprint density at radius 1 is 1.33 bits per heavy atom. The molecule has 18 heavy (non-hydrogen) atoms. The van der Waals surface area contributed by atoms with Crippen molar-refractivity contribution in [3.05, 3.63) is 12.2 Å². The summed E-state index contributed by atoms with van der Waals surface area (Å²) in [6.45, 7) is 0.226. The Balaban J connectivity index is 2.17. The smallest absolute Gasteiger partial charge is 0.233 e. The lowest BCUT2D eigenvalue weighted by atomic mass is 9.85. The zero-order chi connectivity index (χ0) is 13.1. The predicted molar refractivity (Wildman–Crippen MR) is 64.6 cm³/mol. The van der Waals surface area contributed by atoms with Crippen LogP contribution < -0.4 is 0 Å². The number of carbonyl (C=O) groups is 2. The molecule has 1 aliphatic heterocycles. The summed E-state index contributed by atoms with van der Waals surface area (Å²) in [7, 11) is 1.53. The third kappa shape index (κ3) is 2.20. The molecule has 3 atom stereocenters. The first-order valence-electron chi connectivity index (χ1n) is 6.32. The number of rotatable bonds is 5. The second-order valence-electron chi connectivity index (χ2n) is 4.82. The Bertz CT molecular complexity index is 334. The number of hydrogen-bond donors (Lipinski definition) is 1. The zero-order valence-electron chi connectivity index (χ0n) is 10.5. The number of nitrogens with zero attached hydrogens (tertiary/aromatic N) is 1. The number of ether oxygens (including phenoxy) is 1. The standard InChI is InChI=1S/C13H19NO4/c1-18-8-9(6-7-15)14-12(16)10-4-2-3-5-11(10)13(14)17/h2-3,9-11,15H,4-8H2,1H3. The zero-order valence-corrected chi connectivity index (χ0v) is 10.5. The van der Waals surface area contributed by atoms with Gasteiger partial charge in [-0.15, -0.1) is 0 Å². The molecule has 2 aliphatic rings. The fourth-order valence-corrected chi connectivity index (χ4v) is 2.81. The molecule has 0 radical (unpaired) electrons. The average molecular weight is 253 g/mol.